The largest absolute Gasteiger partial charge is 0.373 e. The van der Waals surface area contributed by atoms with Gasteiger partial charge in [-0.25, -0.2) is 13.8 Å². The number of hydrogen-bond acceptors (Lipinski definition) is 5. The molecule has 0 aliphatic carbocycles. The molecular formula is C24H20Cl2F2N6O2. The number of benzene rings is 2. The van der Waals surface area contributed by atoms with E-state index in [0.29, 0.717) is 12.4 Å². The number of nitrogens with one attached hydrogen (secondary N) is 2. The van der Waals surface area contributed by atoms with Crippen molar-refractivity contribution in [3.63, 3.8) is 0 Å². The van der Waals surface area contributed by atoms with Crippen molar-refractivity contribution < 1.29 is 13.6 Å². The fourth-order valence-corrected chi connectivity index (χ4v) is 5.17. The summed E-state index contributed by atoms with van der Waals surface area (Å²) in [5.74, 6) is -1.11. The first-order valence-corrected chi connectivity index (χ1v) is 11.9. The van der Waals surface area contributed by atoms with Crippen molar-refractivity contribution in [2.24, 2.45) is 0 Å². The van der Waals surface area contributed by atoms with Gasteiger partial charge in [0.1, 0.15) is 23.5 Å². The van der Waals surface area contributed by atoms with Gasteiger partial charge in [0.15, 0.2) is 5.82 Å². The van der Waals surface area contributed by atoms with Crippen molar-refractivity contribution in [3.05, 3.63) is 80.5 Å². The zero-order valence-electron chi connectivity index (χ0n) is 19.0. The zero-order valence-corrected chi connectivity index (χ0v) is 20.5. The van der Waals surface area contributed by atoms with Crippen molar-refractivity contribution >= 4 is 45.7 Å². The molecule has 0 spiro atoms. The summed E-state index contributed by atoms with van der Waals surface area (Å²) in [6, 6.07) is 6.75. The second kappa shape index (κ2) is 9.18. The Bertz CT molecular complexity index is 1540. The molecule has 4 aromatic rings. The number of rotatable bonds is 5. The standard InChI is InChI=1S/C24H20Cl2F2N6O2/c1-2-19(35)33-8-6-24(11-33,20-16(27)4-3-15(25)21(20)26)31-13-9-14-22(17(28)10-13)29-12-34(23(14)36)18-5-7-30-32-18/h3-5,7,9-10,12,31H,2,6,8,11H2,1H3,(H,30,32)/t24-/m1/s1. The summed E-state index contributed by atoms with van der Waals surface area (Å²) in [6.07, 6.45) is 3.23. The molecule has 12 heteroatoms. The minimum Gasteiger partial charge on any atom is -0.373 e. The van der Waals surface area contributed by atoms with Gasteiger partial charge in [0.25, 0.3) is 5.56 Å². The lowest BCUT2D eigenvalue weighted by Gasteiger charge is -2.33. The molecule has 3 heterocycles. The van der Waals surface area contributed by atoms with Gasteiger partial charge in [-0.15, -0.1) is 0 Å². The van der Waals surface area contributed by atoms with Gasteiger partial charge in [-0.3, -0.25) is 19.3 Å². The third-order valence-corrected chi connectivity index (χ3v) is 7.20. The Balaban J connectivity index is 1.66. The van der Waals surface area contributed by atoms with Crippen molar-refractivity contribution in [2.45, 2.75) is 25.3 Å². The van der Waals surface area contributed by atoms with Gasteiger partial charge in [0.2, 0.25) is 5.91 Å². The highest BCUT2D eigenvalue weighted by Gasteiger charge is 2.44. The molecule has 1 aliphatic rings. The van der Waals surface area contributed by atoms with Gasteiger partial charge in [-0.05, 0) is 30.7 Å². The topological polar surface area (TPSA) is 95.9 Å². The number of aromatic amines is 1. The van der Waals surface area contributed by atoms with Crippen LogP contribution in [0.25, 0.3) is 16.7 Å². The van der Waals surface area contributed by atoms with Gasteiger partial charge in [-0.2, -0.15) is 5.10 Å². The fraction of sp³-hybridized carbons (Fsp3) is 0.250. The normalized spacial score (nSPS) is 17.6. The summed E-state index contributed by atoms with van der Waals surface area (Å²) in [6.45, 7) is 2.13. The zero-order chi connectivity index (χ0) is 25.6. The quantitative estimate of drug-likeness (QED) is 0.365. The molecule has 0 bridgehead atoms. The van der Waals surface area contributed by atoms with E-state index in [1.54, 1.807) is 17.9 Å². The Labute approximate surface area is 213 Å². The van der Waals surface area contributed by atoms with Gasteiger partial charge >= 0.3 is 0 Å². The molecule has 1 aliphatic heterocycles. The molecule has 1 amide bonds. The van der Waals surface area contributed by atoms with Crippen molar-refractivity contribution in [2.75, 3.05) is 18.4 Å². The molecular weight excluding hydrogens is 513 g/mol. The maximum absolute atomic E-state index is 15.2. The van der Waals surface area contributed by atoms with Crippen LogP contribution in [-0.4, -0.2) is 43.6 Å². The molecule has 0 radical (unpaired) electrons. The Morgan fingerprint density at radius 3 is 2.75 bits per heavy atom. The van der Waals surface area contributed by atoms with Crippen LogP contribution in [0.15, 0.2) is 47.7 Å². The monoisotopic (exact) mass is 532 g/mol. The Morgan fingerprint density at radius 1 is 1.22 bits per heavy atom. The predicted molar refractivity (Wildman–Crippen MR) is 133 cm³/mol. The summed E-state index contributed by atoms with van der Waals surface area (Å²) in [5, 5.41) is 9.83. The number of nitrogens with zero attached hydrogens (tertiary/aromatic N) is 4. The highest BCUT2D eigenvalue weighted by molar-refractivity contribution is 6.42. The van der Waals surface area contributed by atoms with E-state index < -0.39 is 22.7 Å². The van der Waals surface area contributed by atoms with Crippen LogP contribution in [0, 0.1) is 11.6 Å². The summed E-state index contributed by atoms with van der Waals surface area (Å²) in [5.41, 5.74) is -1.59. The molecule has 8 nitrogen and oxygen atoms in total. The van der Waals surface area contributed by atoms with Gasteiger partial charge in [0, 0.05) is 36.8 Å². The number of carbonyl (C=O) groups excluding carboxylic acids is 1. The molecule has 2 aromatic heterocycles. The molecule has 5 rings (SSSR count). The maximum Gasteiger partial charge on any atom is 0.267 e. The molecule has 1 atom stereocenters. The molecule has 0 saturated carbocycles. The lowest BCUT2D eigenvalue weighted by atomic mass is 9.87. The smallest absolute Gasteiger partial charge is 0.267 e. The second-order valence-corrected chi connectivity index (χ2v) is 9.35. The van der Waals surface area contributed by atoms with E-state index in [4.69, 9.17) is 23.2 Å². The third kappa shape index (κ3) is 4.00. The highest BCUT2D eigenvalue weighted by atomic mass is 35.5. The first-order valence-electron chi connectivity index (χ1n) is 11.1. The summed E-state index contributed by atoms with van der Waals surface area (Å²) < 4.78 is 31.5. The Kier molecular flexibility index (Phi) is 6.17. The first-order chi connectivity index (χ1) is 17.2. The molecule has 36 heavy (non-hydrogen) atoms. The molecule has 186 valence electrons. The summed E-state index contributed by atoms with van der Waals surface area (Å²) >= 11 is 12.7. The minimum atomic E-state index is -1.22. The number of anilines is 1. The highest BCUT2D eigenvalue weighted by Crippen LogP contribution is 2.43. The number of H-pyrrole nitrogens is 1. The van der Waals surface area contributed by atoms with E-state index in [0.717, 1.165) is 0 Å². The Hall–Kier alpha value is -3.50. The first kappa shape index (κ1) is 24.2. The van der Waals surface area contributed by atoms with E-state index in [1.165, 1.54) is 41.4 Å². The van der Waals surface area contributed by atoms with Crippen molar-refractivity contribution in [1.29, 1.82) is 0 Å². The molecule has 1 saturated heterocycles. The van der Waals surface area contributed by atoms with Crippen LogP contribution in [-0.2, 0) is 10.3 Å². The lowest BCUT2D eigenvalue weighted by molar-refractivity contribution is -0.129. The average Bonchev–Trinajstić information content (AvgIpc) is 3.53. The van der Waals surface area contributed by atoms with E-state index in [1.807, 2.05) is 0 Å². The van der Waals surface area contributed by atoms with Crippen LogP contribution in [0.1, 0.15) is 25.3 Å². The van der Waals surface area contributed by atoms with Crippen LogP contribution < -0.4 is 10.9 Å². The van der Waals surface area contributed by atoms with Crippen LogP contribution in [0.5, 0.6) is 0 Å². The van der Waals surface area contributed by atoms with Gasteiger partial charge in [0.05, 0.1) is 27.2 Å². The lowest BCUT2D eigenvalue weighted by Crippen LogP contribution is -2.41. The van der Waals surface area contributed by atoms with Crippen molar-refractivity contribution in [3.8, 4) is 5.82 Å². The van der Waals surface area contributed by atoms with Crippen molar-refractivity contribution in [1.82, 2.24) is 24.6 Å². The van der Waals surface area contributed by atoms with E-state index in [2.05, 4.69) is 20.5 Å². The number of likely N-dealkylation sites (tertiary alicyclic amines) is 1. The van der Waals surface area contributed by atoms with Crippen LogP contribution in [0.4, 0.5) is 14.5 Å². The number of halogens is 4. The third-order valence-electron chi connectivity index (χ3n) is 6.39. The molecule has 2 N–H and O–H groups in total. The summed E-state index contributed by atoms with van der Waals surface area (Å²) in [7, 11) is 0. The van der Waals surface area contributed by atoms with E-state index >= 15 is 8.78 Å². The van der Waals surface area contributed by atoms with Crippen LogP contribution >= 0.6 is 23.2 Å². The second-order valence-electron chi connectivity index (χ2n) is 8.56. The van der Waals surface area contributed by atoms with Gasteiger partial charge < -0.3 is 10.2 Å². The van der Waals surface area contributed by atoms with E-state index in [9.17, 15) is 9.59 Å². The molecule has 2 aromatic carbocycles. The number of aromatic nitrogens is 4. The number of fused-ring (bicyclic) bond motifs is 1. The maximum atomic E-state index is 15.2. The van der Waals surface area contributed by atoms with Crippen LogP contribution in [0.3, 0.4) is 0 Å². The molecule has 0 unspecified atom stereocenters. The number of carbonyl (C=O) groups is 1. The Morgan fingerprint density at radius 2 is 2.03 bits per heavy atom. The van der Waals surface area contributed by atoms with E-state index in [-0.39, 0.29) is 57.5 Å². The number of hydrogen-bond donors (Lipinski definition) is 2. The van der Waals surface area contributed by atoms with Gasteiger partial charge in [-0.1, -0.05) is 30.1 Å². The molecule has 1 fully saturated rings. The van der Waals surface area contributed by atoms with Crippen LogP contribution in [0.2, 0.25) is 10.0 Å². The number of amides is 1. The SMILES string of the molecule is CCC(=O)N1CC[C@](Nc2cc(F)c3ncn(-c4ccn[nH]4)c(=O)c3c2)(c2c(F)ccc(Cl)c2Cl)C1. The predicted octanol–water partition coefficient (Wildman–Crippen LogP) is 4.64. The fourth-order valence-electron chi connectivity index (χ4n) is 4.67. The average molecular weight is 533 g/mol. The minimum absolute atomic E-state index is 0.000470. The summed E-state index contributed by atoms with van der Waals surface area (Å²) in [4.78, 5) is 31.3.